The zero-order chi connectivity index (χ0) is 41.3. The second kappa shape index (κ2) is 18.9. The first-order valence-corrected chi connectivity index (χ1v) is 20.1. The summed E-state index contributed by atoms with van der Waals surface area (Å²) >= 11 is 23.7. The number of rotatable bonds is 8. The van der Waals surface area contributed by atoms with E-state index in [1.165, 1.54) is 12.1 Å². The van der Waals surface area contributed by atoms with Gasteiger partial charge in [-0.2, -0.15) is 40.7 Å². The molecule has 0 saturated heterocycles. The van der Waals surface area contributed by atoms with Gasteiger partial charge in [0.1, 0.15) is 31.6 Å². The topological polar surface area (TPSA) is 229 Å². The molecule has 0 aliphatic carbocycles. The van der Waals surface area contributed by atoms with E-state index in [2.05, 4.69) is 30.7 Å². The molecule has 16 nitrogen and oxygen atoms in total. The molecule has 0 fully saturated rings. The number of hydrazone groups is 2. The molecule has 0 bridgehead atoms. The molecule has 0 radical (unpaired) electrons. The number of anilines is 2. The van der Waals surface area contributed by atoms with Gasteiger partial charge in [0, 0.05) is 20.1 Å². The van der Waals surface area contributed by atoms with Crippen molar-refractivity contribution < 1.29 is 35.5 Å². The molecule has 2 amide bonds. The predicted octanol–water partition coefficient (Wildman–Crippen LogP) is 7.78. The maximum atomic E-state index is 12.6. The molecule has 4 aromatic rings. The Morgan fingerprint density at radius 3 is 1.19 bits per heavy atom. The standard InChI is InChI=1S/2C17H14Cl2N4O4S.Ba/c2*1-9-7-15(28(25,26)27)14(8-13(9)19)20-21-16-10(2)22-23(17(16)24)12-5-3-11(18)4-6-12;/h2*3-8,16H,1-2H3,(H,25,26,27);/q;;+2/p-2. The third-order valence-corrected chi connectivity index (χ3v) is 11.0. The van der Waals surface area contributed by atoms with Gasteiger partial charge in [0.15, 0.2) is 12.1 Å². The summed E-state index contributed by atoms with van der Waals surface area (Å²) in [5.41, 5.74) is 2.02. The number of hydrogen-bond donors (Lipinski definition) is 0. The van der Waals surface area contributed by atoms with Gasteiger partial charge < -0.3 is 9.11 Å². The minimum atomic E-state index is -4.80. The van der Waals surface area contributed by atoms with E-state index in [1.807, 2.05) is 0 Å². The fourth-order valence-electron chi connectivity index (χ4n) is 5.00. The van der Waals surface area contributed by atoms with Crippen LogP contribution in [0.15, 0.2) is 113 Å². The normalized spacial score (nSPS) is 17.2. The van der Waals surface area contributed by atoms with Crippen LogP contribution in [0.25, 0.3) is 0 Å². The SMILES string of the molecule is CC1=NN(c2ccc(Cl)cc2)C(=O)C1N=Nc1cc(Cl)c(C)cc1S(=O)(=O)[O-].CC1=NN(c2ccc(Cl)cc2)C(=O)C1N=Nc1cc(Cl)c(C)cc1S(=O)(=O)[O-].[Ba+2]. The summed E-state index contributed by atoms with van der Waals surface area (Å²) < 4.78 is 69.0. The molecule has 2 aliphatic heterocycles. The summed E-state index contributed by atoms with van der Waals surface area (Å²) in [6, 6.07) is 15.5. The summed E-state index contributed by atoms with van der Waals surface area (Å²) in [6.45, 7) is 6.29. The van der Waals surface area contributed by atoms with Crippen LogP contribution in [0.1, 0.15) is 25.0 Å². The molecule has 4 aromatic carbocycles. The van der Waals surface area contributed by atoms with E-state index in [9.17, 15) is 35.5 Å². The van der Waals surface area contributed by atoms with Gasteiger partial charge in [-0.05, 0) is 112 Å². The predicted molar refractivity (Wildman–Crippen MR) is 215 cm³/mol. The van der Waals surface area contributed by atoms with E-state index in [4.69, 9.17) is 46.4 Å². The molecule has 2 aliphatic rings. The van der Waals surface area contributed by atoms with Crippen molar-refractivity contribution in [2.45, 2.75) is 49.6 Å². The molecule has 2 unspecified atom stereocenters. The number of carbonyl (C=O) groups is 2. The summed E-state index contributed by atoms with van der Waals surface area (Å²) in [5.74, 6) is -0.957. The Morgan fingerprint density at radius 2 is 0.895 bits per heavy atom. The van der Waals surface area contributed by atoms with Gasteiger partial charge >= 0.3 is 48.9 Å². The average Bonchev–Trinajstić information content (AvgIpc) is 3.57. The second-order valence-corrected chi connectivity index (χ2v) is 16.4. The van der Waals surface area contributed by atoms with E-state index in [0.29, 0.717) is 44.0 Å². The summed E-state index contributed by atoms with van der Waals surface area (Å²) in [6.07, 6.45) is 0. The summed E-state index contributed by atoms with van der Waals surface area (Å²) in [7, 11) is -9.61. The van der Waals surface area contributed by atoms with E-state index in [1.54, 1.807) is 76.2 Å². The van der Waals surface area contributed by atoms with Crippen LogP contribution in [0, 0.1) is 13.8 Å². The van der Waals surface area contributed by atoms with E-state index >= 15 is 0 Å². The molecular weight excluding hydrogens is 992 g/mol. The van der Waals surface area contributed by atoms with Gasteiger partial charge in [0.25, 0.3) is 11.8 Å². The number of azo groups is 2. The minimum absolute atomic E-state index is 0. The van der Waals surface area contributed by atoms with Crippen molar-refractivity contribution >= 4 is 162 Å². The zero-order valence-electron chi connectivity index (χ0n) is 30.0. The van der Waals surface area contributed by atoms with Crippen molar-refractivity contribution in [1.82, 2.24) is 0 Å². The maximum Gasteiger partial charge on any atom is 2.00 e. The molecule has 57 heavy (non-hydrogen) atoms. The maximum absolute atomic E-state index is 12.6. The van der Waals surface area contributed by atoms with Crippen molar-refractivity contribution in [2.24, 2.45) is 30.7 Å². The van der Waals surface area contributed by atoms with Crippen LogP contribution in [-0.2, 0) is 29.8 Å². The second-order valence-electron chi connectivity index (χ2n) is 12.0. The molecule has 0 saturated carbocycles. The third-order valence-electron chi connectivity index (χ3n) is 7.92. The van der Waals surface area contributed by atoms with Crippen molar-refractivity contribution in [2.75, 3.05) is 10.0 Å². The Labute approximate surface area is 387 Å². The van der Waals surface area contributed by atoms with Gasteiger partial charge in [-0.15, -0.1) is 0 Å². The number of halogens is 4. The van der Waals surface area contributed by atoms with E-state index in [-0.39, 0.29) is 70.3 Å². The van der Waals surface area contributed by atoms with Crippen molar-refractivity contribution in [3.8, 4) is 0 Å². The van der Waals surface area contributed by atoms with Crippen LogP contribution in [-0.4, -0.2) is 110 Å². The van der Waals surface area contributed by atoms with Crippen LogP contribution in [0.4, 0.5) is 22.7 Å². The molecule has 2 atom stereocenters. The van der Waals surface area contributed by atoms with Crippen molar-refractivity contribution in [3.63, 3.8) is 0 Å². The number of benzene rings is 4. The molecular formula is C34H26BaCl4N8O8S2. The van der Waals surface area contributed by atoms with Crippen LogP contribution in [0.5, 0.6) is 0 Å². The van der Waals surface area contributed by atoms with E-state index < -0.39 is 53.9 Å². The van der Waals surface area contributed by atoms with Crippen molar-refractivity contribution in [1.29, 1.82) is 0 Å². The van der Waals surface area contributed by atoms with Gasteiger partial charge in [0.05, 0.1) is 32.6 Å². The first-order chi connectivity index (χ1) is 26.1. The van der Waals surface area contributed by atoms with E-state index in [0.717, 1.165) is 22.2 Å². The third kappa shape index (κ3) is 11.1. The Balaban J connectivity index is 0.000000248. The molecule has 0 aromatic heterocycles. The Bertz CT molecular complexity index is 2420. The molecule has 23 heteroatoms. The van der Waals surface area contributed by atoms with Crippen LogP contribution in [0.3, 0.4) is 0 Å². The van der Waals surface area contributed by atoms with Crippen LogP contribution in [0.2, 0.25) is 20.1 Å². The van der Waals surface area contributed by atoms with Gasteiger partial charge in [-0.1, -0.05) is 46.4 Å². The first-order valence-electron chi connectivity index (χ1n) is 15.8. The summed E-state index contributed by atoms with van der Waals surface area (Å²) in [4.78, 5) is 24.2. The monoisotopic (exact) mass is 1020 g/mol. The van der Waals surface area contributed by atoms with Gasteiger partial charge in [-0.25, -0.2) is 16.8 Å². The minimum Gasteiger partial charge on any atom is -0.744 e. The average molecular weight is 1020 g/mol. The summed E-state index contributed by atoms with van der Waals surface area (Å²) in [5, 5.41) is 27.5. The fourth-order valence-corrected chi connectivity index (χ4v) is 6.92. The molecule has 0 spiro atoms. The number of aryl methyl sites for hydroxylation is 2. The molecule has 6 rings (SSSR count). The van der Waals surface area contributed by atoms with Gasteiger partial charge in [-0.3, -0.25) is 9.59 Å². The smallest absolute Gasteiger partial charge is 0.744 e. The van der Waals surface area contributed by atoms with Crippen LogP contribution < -0.4 is 10.0 Å². The quantitative estimate of drug-likeness (QED) is 0.0959. The zero-order valence-corrected chi connectivity index (χ0v) is 39.1. The molecule has 0 N–H and O–H groups in total. The first kappa shape index (κ1) is 46.6. The van der Waals surface area contributed by atoms with Crippen molar-refractivity contribution in [3.05, 3.63) is 104 Å². The molecule has 292 valence electrons. The number of carbonyl (C=O) groups excluding carboxylic acids is 2. The largest absolute Gasteiger partial charge is 2.00 e. The van der Waals surface area contributed by atoms with Crippen LogP contribution >= 0.6 is 46.4 Å². The van der Waals surface area contributed by atoms with Gasteiger partial charge in [0.2, 0.25) is 0 Å². The Morgan fingerprint density at radius 1 is 0.579 bits per heavy atom. The number of amides is 2. The Hall–Kier alpha value is -3.09. The molecule has 2 heterocycles. The number of hydrogen-bond acceptors (Lipinski definition) is 14. The fraction of sp³-hybridized carbons (Fsp3) is 0.176. The Kier molecular flexibility index (Phi) is 15.4. The number of nitrogens with zero attached hydrogens (tertiary/aromatic N) is 8.